The van der Waals surface area contributed by atoms with Crippen LogP contribution >= 0.6 is 0 Å². The zero-order chi connectivity index (χ0) is 14.7. The Kier molecular flexibility index (Phi) is 3.60. The molecular weight excluding hydrogens is 268 g/mol. The number of phenolic OH excluding ortho intramolecular Hbond substituents is 1. The second-order valence-corrected chi connectivity index (χ2v) is 4.65. The molecule has 0 fully saturated rings. The number of rotatable bonds is 3. The predicted molar refractivity (Wildman–Crippen MR) is 78.9 cm³/mol. The van der Waals surface area contributed by atoms with Crippen molar-refractivity contribution in [3.63, 3.8) is 0 Å². The number of fused-ring (bicyclic) bond motifs is 1. The molecule has 0 saturated carbocycles. The summed E-state index contributed by atoms with van der Waals surface area (Å²) < 4.78 is 10.9. The van der Waals surface area contributed by atoms with Gasteiger partial charge in [0, 0.05) is 5.56 Å². The van der Waals surface area contributed by atoms with Gasteiger partial charge in [-0.2, -0.15) is 0 Å². The predicted octanol–water partition coefficient (Wildman–Crippen LogP) is 3.06. The van der Waals surface area contributed by atoms with E-state index in [1.807, 2.05) is 6.07 Å². The number of hydrogen-bond acceptors (Lipinski definition) is 4. The molecule has 3 rings (SSSR count). The van der Waals surface area contributed by atoms with Crippen LogP contribution in [0.2, 0.25) is 0 Å². The van der Waals surface area contributed by atoms with Crippen LogP contribution in [0.1, 0.15) is 15.9 Å². The van der Waals surface area contributed by atoms with Crippen LogP contribution in [0, 0.1) is 0 Å². The SMILES string of the molecule is O=C(C=Cc1cccc(O)c1)c1ccc2c(c1)OCCO2. The molecule has 0 bridgehead atoms. The second-order valence-electron chi connectivity index (χ2n) is 4.65. The number of ether oxygens (including phenoxy) is 2. The lowest BCUT2D eigenvalue weighted by atomic mass is 10.1. The van der Waals surface area contributed by atoms with Crippen molar-refractivity contribution in [3.05, 3.63) is 59.7 Å². The number of ketones is 1. The first-order valence-corrected chi connectivity index (χ1v) is 6.63. The highest BCUT2D eigenvalue weighted by Crippen LogP contribution is 2.31. The van der Waals surface area contributed by atoms with Crippen molar-refractivity contribution in [1.29, 1.82) is 0 Å². The number of aromatic hydroxyl groups is 1. The fourth-order valence-corrected chi connectivity index (χ4v) is 2.09. The van der Waals surface area contributed by atoms with E-state index in [-0.39, 0.29) is 11.5 Å². The quantitative estimate of drug-likeness (QED) is 0.694. The van der Waals surface area contributed by atoms with Gasteiger partial charge in [-0.25, -0.2) is 0 Å². The number of benzene rings is 2. The average molecular weight is 282 g/mol. The molecule has 1 heterocycles. The summed E-state index contributed by atoms with van der Waals surface area (Å²) in [5, 5.41) is 9.38. The van der Waals surface area contributed by atoms with Gasteiger partial charge >= 0.3 is 0 Å². The van der Waals surface area contributed by atoms with Crippen LogP contribution in [0.3, 0.4) is 0 Å². The molecule has 1 N–H and O–H groups in total. The molecule has 0 radical (unpaired) electrons. The Balaban J connectivity index is 1.79. The van der Waals surface area contributed by atoms with Crippen LogP contribution in [0.25, 0.3) is 6.08 Å². The van der Waals surface area contributed by atoms with Gasteiger partial charge in [0.05, 0.1) is 0 Å². The number of hydrogen-bond donors (Lipinski definition) is 1. The highest BCUT2D eigenvalue weighted by molar-refractivity contribution is 6.07. The van der Waals surface area contributed by atoms with Crippen molar-refractivity contribution in [1.82, 2.24) is 0 Å². The minimum absolute atomic E-state index is 0.129. The first-order valence-electron chi connectivity index (χ1n) is 6.63. The van der Waals surface area contributed by atoms with Gasteiger partial charge in [-0.15, -0.1) is 0 Å². The van der Waals surface area contributed by atoms with Crippen LogP contribution in [-0.4, -0.2) is 24.1 Å². The highest BCUT2D eigenvalue weighted by atomic mass is 16.6. The first-order chi connectivity index (χ1) is 10.2. The lowest BCUT2D eigenvalue weighted by Gasteiger charge is -2.18. The number of phenols is 1. The van der Waals surface area contributed by atoms with E-state index in [1.54, 1.807) is 42.5 Å². The molecule has 106 valence electrons. The molecule has 2 aromatic carbocycles. The first kappa shape index (κ1) is 13.2. The van der Waals surface area contributed by atoms with Gasteiger partial charge in [-0.1, -0.05) is 18.2 Å². The van der Waals surface area contributed by atoms with Crippen molar-refractivity contribution >= 4 is 11.9 Å². The van der Waals surface area contributed by atoms with Gasteiger partial charge in [0.25, 0.3) is 0 Å². The molecule has 21 heavy (non-hydrogen) atoms. The zero-order valence-electron chi connectivity index (χ0n) is 11.3. The van der Waals surface area contributed by atoms with E-state index >= 15 is 0 Å². The molecule has 1 aliphatic rings. The normalized spacial score (nSPS) is 13.3. The largest absolute Gasteiger partial charge is 0.508 e. The minimum atomic E-state index is -0.129. The highest BCUT2D eigenvalue weighted by Gasteiger charge is 2.13. The summed E-state index contributed by atoms with van der Waals surface area (Å²) in [4.78, 5) is 12.1. The summed E-state index contributed by atoms with van der Waals surface area (Å²) >= 11 is 0. The van der Waals surface area contributed by atoms with Crippen molar-refractivity contribution in [2.75, 3.05) is 13.2 Å². The fraction of sp³-hybridized carbons (Fsp3) is 0.118. The topological polar surface area (TPSA) is 55.8 Å². The lowest BCUT2D eigenvalue weighted by molar-refractivity contribution is 0.104. The smallest absolute Gasteiger partial charge is 0.185 e. The zero-order valence-corrected chi connectivity index (χ0v) is 11.3. The van der Waals surface area contributed by atoms with Crippen molar-refractivity contribution in [3.8, 4) is 17.2 Å². The Morgan fingerprint density at radius 2 is 1.86 bits per heavy atom. The van der Waals surface area contributed by atoms with E-state index in [1.165, 1.54) is 6.08 Å². The van der Waals surface area contributed by atoms with E-state index in [0.717, 1.165) is 5.56 Å². The van der Waals surface area contributed by atoms with Gasteiger partial charge in [0.2, 0.25) is 0 Å². The Morgan fingerprint density at radius 3 is 2.67 bits per heavy atom. The maximum Gasteiger partial charge on any atom is 0.185 e. The molecule has 4 heteroatoms. The van der Waals surface area contributed by atoms with Gasteiger partial charge in [-0.3, -0.25) is 4.79 Å². The second kappa shape index (κ2) is 5.71. The van der Waals surface area contributed by atoms with Crippen LogP contribution in [0.5, 0.6) is 17.2 Å². The molecule has 0 atom stereocenters. The number of carbonyl (C=O) groups excluding carboxylic acids is 1. The van der Waals surface area contributed by atoms with Crippen LogP contribution in [0.4, 0.5) is 0 Å². The molecule has 0 unspecified atom stereocenters. The Bertz CT molecular complexity index is 704. The van der Waals surface area contributed by atoms with E-state index in [9.17, 15) is 9.90 Å². The van der Waals surface area contributed by atoms with Crippen LogP contribution in [-0.2, 0) is 0 Å². The summed E-state index contributed by atoms with van der Waals surface area (Å²) in [6.45, 7) is 1.02. The van der Waals surface area contributed by atoms with E-state index in [2.05, 4.69) is 0 Å². The summed E-state index contributed by atoms with van der Waals surface area (Å²) in [7, 11) is 0. The molecule has 1 aliphatic heterocycles. The van der Waals surface area contributed by atoms with Gasteiger partial charge in [0.1, 0.15) is 19.0 Å². The van der Waals surface area contributed by atoms with E-state index in [0.29, 0.717) is 30.3 Å². The summed E-state index contributed by atoms with van der Waals surface area (Å²) in [5.41, 5.74) is 1.30. The van der Waals surface area contributed by atoms with Crippen molar-refractivity contribution < 1.29 is 19.4 Å². The van der Waals surface area contributed by atoms with Gasteiger partial charge in [-0.05, 0) is 42.0 Å². The summed E-state index contributed by atoms with van der Waals surface area (Å²) in [5.74, 6) is 1.30. The lowest BCUT2D eigenvalue weighted by Crippen LogP contribution is -2.15. The van der Waals surface area contributed by atoms with Crippen LogP contribution in [0.15, 0.2) is 48.5 Å². The third kappa shape index (κ3) is 3.05. The van der Waals surface area contributed by atoms with Crippen molar-refractivity contribution in [2.24, 2.45) is 0 Å². The number of carbonyl (C=O) groups is 1. The minimum Gasteiger partial charge on any atom is -0.508 e. The maximum absolute atomic E-state index is 12.1. The monoisotopic (exact) mass is 282 g/mol. The third-order valence-electron chi connectivity index (χ3n) is 3.12. The molecule has 0 amide bonds. The van der Waals surface area contributed by atoms with Crippen molar-refractivity contribution in [2.45, 2.75) is 0 Å². The molecule has 0 aliphatic carbocycles. The molecular formula is C17H14O4. The molecule has 4 nitrogen and oxygen atoms in total. The summed E-state index contributed by atoms with van der Waals surface area (Å²) in [6, 6.07) is 11.8. The Morgan fingerprint density at radius 1 is 1.05 bits per heavy atom. The molecule has 0 spiro atoms. The maximum atomic E-state index is 12.1. The summed E-state index contributed by atoms with van der Waals surface area (Å²) in [6.07, 6.45) is 3.14. The fourth-order valence-electron chi connectivity index (χ4n) is 2.09. The average Bonchev–Trinajstić information content (AvgIpc) is 2.52. The van der Waals surface area contributed by atoms with Gasteiger partial charge in [0.15, 0.2) is 17.3 Å². The van der Waals surface area contributed by atoms with E-state index in [4.69, 9.17) is 9.47 Å². The van der Waals surface area contributed by atoms with Gasteiger partial charge < -0.3 is 14.6 Å². The van der Waals surface area contributed by atoms with E-state index < -0.39 is 0 Å². The Labute approximate surface area is 122 Å². The Hall–Kier alpha value is -2.75. The molecule has 0 aromatic heterocycles. The van der Waals surface area contributed by atoms with Crippen LogP contribution < -0.4 is 9.47 Å². The molecule has 2 aromatic rings. The molecule has 0 saturated heterocycles. The standard InChI is InChI=1S/C17H14O4/c18-14-3-1-2-12(10-14)4-6-15(19)13-5-7-16-17(11-13)21-9-8-20-16/h1-7,10-11,18H,8-9H2. The third-order valence-corrected chi connectivity index (χ3v) is 3.12. The number of allylic oxidation sites excluding steroid dienone is 1.